The molecule has 10 aromatic carbocycles. The van der Waals surface area contributed by atoms with E-state index >= 15 is 0 Å². The quantitative estimate of drug-likeness (QED) is 0.171. The van der Waals surface area contributed by atoms with Gasteiger partial charge >= 0.3 is 0 Å². The second kappa shape index (κ2) is 10.9. The molecule has 14 rings (SSSR count). The normalized spacial score (nSPS) is 12.5. The minimum Gasteiger partial charge on any atom is -0.454 e. The molecule has 0 radical (unpaired) electrons. The molecular weight excluding hydrogens is 707 g/mol. The lowest BCUT2D eigenvalue weighted by Crippen LogP contribution is -1.95. The van der Waals surface area contributed by atoms with Crippen molar-refractivity contribution >= 4 is 120 Å². The van der Waals surface area contributed by atoms with Gasteiger partial charge in [0.15, 0.2) is 5.58 Å². The zero-order chi connectivity index (χ0) is 37.6. The topological polar surface area (TPSA) is 49.6 Å². The molecule has 58 heavy (non-hydrogen) atoms. The van der Waals surface area contributed by atoms with E-state index in [2.05, 4.69) is 190 Å². The highest BCUT2D eigenvalue weighted by atomic mass is 16.3. The Morgan fingerprint density at radius 2 is 1.00 bits per heavy atom. The van der Waals surface area contributed by atoms with Crippen LogP contribution in [0.1, 0.15) is 0 Å². The monoisotopic (exact) mass is 737 g/mol. The van der Waals surface area contributed by atoms with E-state index in [0.717, 1.165) is 55.1 Å². The summed E-state index contributed by atoms with van der Waals surface area (Å²) in [6.07, 6.45) is 0. The van der Waals surface area contributed by atoms with Crippen LogP contribution in [-0.4, -0.2) is 14.5 Å². The first-order valence-corrected chi connectivity index (χ1v) is 19.9. The maximum Gasteiger partial charge on any atom is 0.159 e. The zero-order valence-corrected chi connectivity index (χ0v) is 31.1. The number of hydrogen-bond donors (Lipinski definition) is 2. The number of hydrogen-bond acceptors (Lipinski definition) is 1. The fourth-order valence-corrected chi connectivity index (χ4v) is 10.2. The van der Waals surface area contributed by atoms with Crippen LogP contribution in [-0.2, 0) is 0 Å². The van der Waals surface area contributed by atoms with Crippen LogP contribution in [0.4, 0.5) is 0 Å². The van der Waals surface area contributed by atoms with Gasteiger partial charge in [-0.1, -0.05) is 121 Å². The molecule has 4 heteroatoms. The number of rotatable bonds is 2. The Morgan fingerprint density at radius 3 is 1.86 bits per heavy atom. The highest BCUT2D eigenvalue weighted by Gasteiger charge is 2.22. The summed E-state index contributed by atoms with van der Waals surface area (Å²) in [4.78, 5) is 7.54. The molecule has 0 fully saturated rings. The third-order valence-corrected chi connectivity index (χ3v) is 12.8. The molecule has 0 spiro atoms. The summed E-state index contributed by atoms with van der Waals surface area (Å²) < 4.78 is 9.14. The van der Waals surface area contributed by atoms with Crippen LogP contribution in [0.15, 0.2) is 180 Å². The van der Waals surface area contributed by atoms with E-state index in [1.54, 1.807) is 0 Å². The van der Waals surface area contributed by atoms with Crippen molar-refractivity contribution in [3.05, 3.63) is 176 Å². The van der Waals surface area contributed by atoms with Gasteiger partial charge in [0.1, 0.15) is 5.58 Å². The first-order chi connectivity index (χ1) is 28.7. The Labute approximate surface area is 330 Å². The highest BCUT2D eigenvalue weighted by molar-refractivity contribution is 6.35. The fraction of sp³-hybridized carbons (Fsp3) is 0. The van der Waals surface area contributed by atoms with Crippen LogP contribution >= 0.6 is 0 Å². The summed E-state index contributed by atoms with van der Waals surface area (Å²) in [7, 11) is 0. The number of furan rings is 1. The second-order valence-corrected chi connectivity index (χ2v) is 15.8. The zero-order valence-electron chi connectivity index (χ0n) is 31.1. The maximum atomic E-state index is 6.65. The van der Waals surface area contributed by atoms with Gasteiger partial charge in [-0.3, -0.25) is 0 Å². The molecular formula is C54H31N3O. The maximum absolute atomic E-state index is 6.65. The van der Waals surface area contributed by atoms with E-state index in [4.69, 9.17) is 4.42 Å². The van der Waals surface area contributed by atoms with Crippen LogP contribution in [0.5, 0.6) is 0 Å². The molecule has 268 valence electrons. The Bertz CT molecular complexity index is 4080. The predicted octanol–water partition coefficient (Wildman–Crippen LogP) is 15.1. The number of para-hydroxylation sites is 2. The molecule has 0 saturated heterocycles. The van der Waals surface area contributed by atoms with E-state index in [1.165, 1.54) is 81.4 Å². The van der Waals surface area contributed by atoms with Gasteiger partial charge in [-0.2, -0.15) is 0 Å². The van der Waals surface area contributed by atoms with Crippen molar-refractivity contribution in [3.8, 4) is 16.8 Å². The van der Waals surface area contributed by atoms with Gasteiger partial charge in [0.2, 0.25) is 0 Å². The minimum atomic E-state index is 0.899. The third kappa shape index (κ3) is 3.93. The van der Waals surface area contributed by atoms with Crippen LogP contribution in [0.3, 0.4) is 0 Å². The van der Waals surface area contributed by atoms with E-state index in [-0.39, 0.29) is 0 Å². The summed E-state index contributed by atoms with van der Waals surface area (Å²) >= 11 is 0. The van der Waals surface area contributed by atoms with Crippen LogP contribution in [0, 0.1) is 0 Å². The van der Waals surface area contributed by atoms with Crippen LogP contribution in [0.25, 0.3) is 136 Å². The summed E-state index contributed by atoms with van der Waals surface area (Å²) in [5, 5.41) is 17.1. The number of H-pyrrole nitrogens is 2. The van der Waals surface area contributed by atoms with Crippen molar-refractivity contribution in [2.45, 2.75) is 0 Å². The van der Waals surface area contributed by atoms with Crippen molar-refractivity contribution < 1.29 is 4.42 Å². The molecule has 14 aromatic rings. The SMILES string of the molecule is c1ccc(-n2c3c(ccc4c5cc(-c6ccc7cc8c(cc7c6)oc6c8ccc7c8ccccc8[nH]c76)ccc5[nH]c43)c3c4ccccc4c4ccccc4c32)cc1. The Hall–Kier alpha value is -7.82. The molecule has 0 bridgehead atoms. The van der Waals surface area contributed by atoms with E-state index in [9.17, 15) is 0 Å². The molecule has 0 unspecified atom stereocenters. The first-order valence-electron chi connectivity index (χ1n) is 19.9. The van der Waals surface area contributed by atoms with Gasteiger partial charge in [0, 0.05) is 65.2 Å². The van der Waals surface area contributed by atoms with Crippen LogP contribution in [0.2, 0.25) is 0 Å². The number of aromatic nitrogens is 3. The Balaban J connectivity index is 0.984. The number of fused-ring (bicyclic) bond motifs is 20. The molecule has 0 atom stereocenters. The van der Waals surface area contributed by atoms with E-state index < -0.39 is 0 Å². The lowest BCUT2D eigenvalue weighted by atomic mass is 9.96. The predicted molar refractivity (Wildman–Crippen MR) is 245 cm³/mol. The lowest BCUT2D eigenvalue weighted by Gasteiger charge is -2.12. The summed E-state index contributed by atoms with van der Waals surface area (Å²) in [6.45, 7) is 0. The smallest absolute Gasteiger partial charge is 0.159 e. The first kappa shape index (κ1) is 30.4. The largest absolute Gasteiger partial charge is 0.454 e. The molecule has 2 N–H and O–H groups in total. The second-order valence-electron chi connectivity index (χ2n) is 15.8. The van der Waals surface area contributed by atoms with Crippen molar-refractivity contribution in [1.82, 2.24) is 14.5 Å². The van der Waals surface area contributed by atoms with Crippen LogP contribution < -0.4 is 0 Å². The molecule has 0 aliphatic carbocycles. The molecule has 0 amide bonds. The van der Waals surface area contributed by atoms with Crippen molar-refractivity contribution in [2.24, 2.45) is 0 Å². The summed E-state index contributed by atoms with van der Waals surface area (Å²) in [5.74, 6) is 0. The average Bonchev–Trinajstić information content (AvgIpc) is 4.04. The molecule has 0 aliphatic heterocycles. The van der Waals surface area contributed by atoms with Gasteiger partial charge < -0.3 is 19.0 Å². The number of benzene rings is 10. The number of nitrogens with zero attached hydrogens (tertiary/aromatic N) is 1. The van der Waals surface area contributed by atoms with Gasteiger partial charge in [0.05, 0.1) is 22.1 Å². The van der Waals surface area contributed by atoms with Gasteiger partial charge in [0.25, 0.3) is 0 Å². The molecule has 4 nitrogen and oxygen atoms in total. The third-order valence-electron chi connectivity index (χ3n) is 12.8. The molecule has 4 aromatic heterocycles. The Kier molecular flexibility index (Phi) is 5.73. The van der Waals surface area contributed by atoms with E-state index in [1.807, 2.05) is 0 Å². The highest BCUT2D eigenvalue weighted by Crippen LogP contribution is 2.46. The van der Waals surface area contributed by atoms with Crippen molar-refractivity contribution in [3.63, 3.8) is 0 Å². The number of nitrogens with one attached hydrogen (secondary N) is 2. The van der Waals surface area contributed by atoms with Gasteiger partial charge in [-0.05, 0) is 92.7 Å². The standard InChI is InChI=1S/C54H31N3O/c1-2-10-34(11-3-1)57-52-41-16-7-5-13-36(41)35-12-4-6-15-38(35)49(52)43-24-22-40-44-27-31(20-25-47(44)55-50(40)53(43)57)30-18-19-32-28-45-42-23-21-39-37-14-8-9-17-46(37)56-51(39)54(42)58-48(45)29-33(32)26-30/h1-29,55-56H. The molecule has 4 heterocycles. The lowest BCUT2D eigenvalue weighted by molar-refractivity contribution is 0.672. The minimum absolute atomic E-state index is 0.899. The van der Waals surface area contributed by atoms with Crippen molar-refractivity contribution in [1.29, 1.82) is 0 Å². The summed E-state index contributed by atoms with van der Waals surface area (Å²) in [5.41, 5.74) is 12.2. The average molecular weight is 738 g/mol. The molecule has 0 aliphatic rings. The summed E-state index contributed by atoms with van der Waals surface area (Å²) in [6, 6.07) is 64.2. The Morgan fingerprint density at radius 1 is 0.362 bits per heavy atom. The van der Waals surface area contributed by atoms with Gasteiger partial charge in [-0.25, -0.2) is 0 Å². The fourth-order valence-electron chi connectivity index (χ4n) is 10.2. The molecule has 0 saturated carbocycles. The van der Waals surface area contributed by atoms with Gasteiger partial charge in [-0.15, -0.1) is 0 Å². The van der Waals surface area contributed by atoms with Crippen molar-refractivity contribution in [2.75, 3.05) is 0 Å². The number of aromatic amines is 2. The van der Waals surface area contributed by atoms with E-state index in [0.29, 0.717) is 0 Å².